The molecule has 0 saturated carbocycles. The maximum Gasteiger partial charge on any atom is 0.262 e. The molecular weight excluding hydrogens is 332 g/mol. The van der Waals surface area contributed by atoms with Gasteiger partial charge in [-0.05, 0) is 20.8 Å². The van der Waals surface area contributed by atoms with Crippen molar-refractivity contribution in [1.29, 1.82) is 0 Å². The van der Waals surface area contributed by atoms with Crippen molar-refractivity contribution in [2.75, 3.05) is 5.32 Å². The molecule has 120 valence electrons. The molecule has 0 spiro atoms. The van der Waals surface area contributed by atoms with Gasteiger partial charge in [0.1, 0.15) is 11.3 Å². The van der Waals surface area contributed by atoms with E-state index in [0.717, 1.165) is 21.3 Å². The van der Waals surface area contributed by atoms with Gasteiger partial charge in [0.25, 0.3) is 5.91 Å². The van der Waals surface area contributed by atoms with Gasteiger partial charge in [-0.1, -0.05) is 12.1 Å². The van der Waals surface area contributed by atoms with Crippen LogP contribution in [0.3, 0.4) is 0 Å². The van der Waals surface area contributed by atoms with Crippen LogP contribution < -0.4 is 5.32 Å². The molecule has 0 aliphatic rings. The molecule has 0 aliphatic heterocycles. The number of thiazole rings is 2. The van der Waals surface area contributed by atoms with Gasteiger partial charge in [-0.2, -0.15) is 0 Å². The summed E-state index contributed by atoms with van der Waals surface area (Å²) in [5.74, 6) is 0.351. The summed E-state index contributed by atoms with van der Waals surface area (Å²) in [5, 5.41) is 10.2. The molecule has 3 rings (SSSR count). The molecule has 0 aromatic carbocycles. The Labute approximate surface area is 141 Å². The molecule has 0 fully saturated rings. The molecule has 6 nitrogen and oxygen atoms in total. The number of nitrogens with zero attached hydrogens (tertiary/aromatic N) is 3. The lowest BCUT2D eigenvalue weighted by Crippen LogP contribution is -2.14. The standard InChI is InChI=1S/C15H16N4O2S2/c1-5-11-12(7(2)19-21-11)14(20)18-15-17-10(6-22-15)13-8(3)16-9(4)23-13/h6H,5H2,1-4H3,(H,17,18,20). The summed E-state index contributed by atoms with van der Waals surface area (Å²) in [6, 6.07) is 0. The minimum Gasteiger partial charge on any atom is -0.360 e. The normalized spacial score (nSPS) is 11.0. The summed E-state index contributed by atoms with van der Waals surface area (Å²) in [7, 11) is 0. The van der Waals surface area contributed by atoms with Gasteiger partial charge in [0.05, 0.1) is 27.0 Å². The van der Waals surface area contributed by atoms with E-state index in [0.29, 0.717) is 28.6 Å². The Morgan fingerprint density at radius 2 is 2.04 bits per heavy atom. The van der Waals surface area contributed by atoms with E-state index in [2.05, 4.69) is 20.4 Å². The van der Waals surface area contributed by atoms with Crippen LogP contribution in [0.2, 0.25) is 0 Å². The van der Waals surface area contributed by atoms with Crippen LogP contribution in [0.25, 0.3) is 10.6 Å². The Kier molecular flexibility index (Phi) is 4.27. The second-order valence-corrected chi connectivity index (χ2v) is 7.12. The quantitative estimate of drug-likeness (QED) is 0.771. The molecule has 1 amide bonds. The molecular formula is C15H16N4O2S2. The highest BCUT2D eigenvalue weighted by Gasteiger charge is 2.20. The SMILES string of the molecule is CCc1onc(C)c1C(=O)Nc1nc(-c2sc(C)nc2C)cs1. The summed E-state index contributed by atoms with van der Waals surface area (Å²) in [6.45, 7) is 7.61. The third kappa shape index (κ3) is 3.04. The fraction of sp³-hybridized carbons (Fsp3) is 0.333. The predicted molar refractivity (Wildman–Crippen MR) is 91.3 cm³/mol. The molecule has 0 aliphatic carbocycles. The first kappa shape index (κ1) is 15.8. The number of anilines is 1. The predicted octanol–water partition coefficient (Wildman–Crippen LogP) is 3.99. The number of hydrogen-bond donors (Lipinski definition) is 1. The number of amides is 1. The molecule has 3 aromatic heterocycles. The van der Waals surface area contributed by atoms with Gasteiger partial charge in [0.2, 0.25) is 0 Å². The van der Waals surface area contributed by atoms with E-state index in [-0.39, 0.29) is 5.91 Å². The monoisotopic (exact) mass is 348 g/mol. The van der Waals surface area contributed by atoms with Crippen molar-refractivity contribution in [3.05, 3.63) is 33.1 Å². The number of carbonyl (C=O) groups is 1. The van der Waals surface area contributed by atoms with E-state index in [1.54, 1.807) is 18.3 Å². The molecule has 23 heavy (non-hydrogen) atoms. The zero-order valence-corrected chi connectivity index (χ0v) is 14.9. The number of aryl methyl sites for hydroxylation is 4. The summed E-state index contributed by atoms with van der Waals surface area (Å²) in [5.41, 5.74) is 2.88. The van der Waals surface area contributed by atoms with E-state index in [1.807, 2.05) is 26.2 Å². The Morgan fingerprint density at radius 3 is 2.70 bits per heavy atom. The van der Waals surface area contributed by atoms with Gasteiger partial charge in [0, 0.05) is 11.8 Å². The Hall–Kier alpha value is -2.06. The Balaban J connectivity index is 1.83. The van der Waals surface area contributed by atoms with Gasteiger partial charge in [0.15, 0.2) is 5.13 Å². The number of aromatic nitrogens is 3. The van der Waals surface area contributed by atoms with Crippen LogP contribution in [0.4, 0.5) is 5.13 Å². The van der Waals surface area contributed by atoms with Crippen molar-refractivity contribution < 1.29 is 9.32 Å². The molecule has 0 saturated heterocycles. The lowest BCUT2D eigenvalue weighted by molar-refractivity contribution is 0.102. The lowest BCUT2D eigenvalue weighted by Gasteiger charge is -2.01. The first-order valence-electron chi connectivity index (χ1n) is 7.16. The molecule has 3 aromatic rings. The summed E-state index contributed by atoms with van der Waals surface area (Å²) < 4.78 is 5.16. The summed E-state index contributed by atoms with van der Waals surface area (Å²) in [4.78, 5) is 22.4. The van der Waals surface area contributed by atoms with Gasteiger partial charge in [-0.25, -0.2) is 9.97 Å². The number of hydrogen-bond acceptors (Lipinski definition) is 7. The average Bonchev–Trinajstić information content (AvgIpc) is 3.18. The molecule has 1 N–H and O–H groups in total. The molecule has 8 heteroatoms. The highest BCUT2D eigenvalue weighted by molar-refractivity contribution is 7.16. The fourth-order valence-electron chi connectivity index (χ4n) is 2.31. The maximum absolute atomic E-state index is 12.4. The van der Waals surface area contributed by atoms with Crippen LogP contribution in [-0.4, -0.2) is 21.0 Å². The van der Waals surface area contributed by atoms with Crippen molar-refractivity contribution in [3.63, 3.8) is 0 Å². The molecule has 0 radical (unpaired) electrons. The van der Waals surface area contributed by atoms with E-state index < -0.39 is 0 Å². The molecule has 0 atom stereocenters. The van der Waals surface area contributed by atoms with Crippen LogP contribution >= 0.6 is 22.7 Å². The zero-order chi connectivity index (χ0) is 16.6. The third-order valence-corrected chi connectivity index (χ3v) is 5.20. The van der Waals surface area contributed by atoms with E-state index in [4.69, 9.17) is 4.52 Å². The first-order valence-corrected chi connectivity index (χ1v) is 8.85. The van der Waals surface area contributed by atoms with Crippen molar-refractivity contribution in [2.45, 2.75) is 34.1 Å². The van der Waals surface area contributed by atoms with Crippen molar-refractivity contribution in [1.82, 2.24) is 15.1 Å². The number of carbonyl (C=O) groups excluding carboxylic acids is 1. The average molecular weight is 348 g/mol. The summed E-state index contributed by atoms with van der Waals surface area (Å²) >= 11 is 2.99. The molecule has 0 bridgehead atoms. The van der Waals surface area contributed by atoms with Gasteiger partial charge in [-0.3, -0.25) is 10.1 Å². The van der Waals surface area contributed by atoms with Crippen LogP contribution in [0.5, 0.6) is 0 Å². The molecule has 0 unspecified atom stereocenters. The highest BCUT2D eigenvalue weighted by atomic mass is 32.1. The fourth-order valence-corrected chi connectivity index (χ4v) is 3.96. The number of rotatable bonds is 4. The second kappa shape index (κ2) is 6.21. The van der Waals surface area contributed by atoms with Gasteiger partial charge >= 0.3 is 0 Å². The van der Waals surface area contributed by atoms with Crippen molar-refractivity contribution >= 4 is 33.7 Å². The van der Waals surface area contributed by atoms with E-state index >= 15 is 0 Å². The van der Waals surface area contributed by atoms with Crippen LogP contribution in [-0.2, 0) is 6.42 Å². The number of nitrogens with one attached hydrogen (secondary N) is 1. The largest absolute Gasteiger partial charge is 0.360 e. The van der Waals surface area contributed by atoms with Crippen molar-refractivity contribution in [3.8, 4) is 10.6 Å². The Morgan fingerprint density at radius 1 is 1.26 bits per heavy atom. The van der Waals surface area contributed by atoms with Gasteiger partial charge in [-0.15, -0.1) is 22.7 Å². The smallest absolute Gasteiger partial charge is 0.262 e. The minimum atomic E-state index is -0.237. The minimum absolute atomic E-state index is 0.237. The summed E-state index contributed by atoms with van der Waals surface area (Å²) in [6.07, 6.45) is 0.617. The van der Waals surface area contributed by atoms with E-state index in [9.17, 15) is 4.79 Å². The highest BCUT2D eigenvalue weighted by Crippen LogP contribution is 2.32. The maximum atomic E-state index is 12.4. The lowest BCUT2D eigenvalue weighted by atomic mass is 10.1. The third-order valence-electron chi connectivity index (χ3n) is 3.34. The van der Waals surface area contributed by atoms with E-state index in [1.165, 1.54) is 11.3 Å². The second-order valence-electron chi connectivity index (χ2n) is 5.06. The van der Waals surface area contributed by atoms with Crippen molar-refractivity contribution in [2.24, 2.45) is 0 Å². The van der Waals surface area contributed by atoms with Crippen LogP contribution in [0.15, 0.2) is 9.90 Å². The zero-order valence-electron chi connectivity index (χ0n) is 13.3. The van der Waals surface area contributed by atoms with Crippen LogP contribution in [0.1, 0.15) is 39.4 Å². The molecule has 3 heterocycles. The first-order chi connectivity index (χ1) is 11.0. The topological polar surface area (TPSA) is 80.9 Å². The van der Waals surface area contributed by atoms with Gasteiger partial charge < -0.3 is 4.52 Å². The Bertz CT molecular complexity index is 863. The van der Waals surface area contributed by atoms with Crippen LogP contribution in [0, 0.1) is 20.8 Å².